The summed E-state index contributed by atoms with van der Waals surface area (Å²) >= 11 is 0. The summed E-state index contributed by atoms with van der Waals surface area (Å²) in [4.78, 5) is 6.63. The molecule has 0 bridgehead atoms. The average molecular weight is 239 g/mol. The smallest absolute Gasteiger partial charge is 0.297 e. The molecule has 1 fully saturated rings. The second kappa shape index (κ2) is 5.51. The summed E-state index contributed by atoms with van der Waals surface area (Å²) in [6.07, 6.45) is 2.17. The van der Waals surface area contributed by atoms with Crippen LogP contribution in [0.3, 0.4) is 0 Å². The van der Waals surface area contributed by atoms with Crippen LogP contribution < -0.4 is 10.2 Å². The third-order valence-electron chi connectivity index (χ3n) is 2.79. The summed E-state index contributed by atoms with van der Waals surface area (Å²) in [7, 11) is 0. The molecule has 2 atom stereocenters. The zero-order valence-corrected chi connectivity index (χ0v) is 10.8. The van der Waals surface area contributed by atoms with Crippen LogP contribution in [-0.4, -0.2) is 36.8 Å². The quantitative estimate of drug-likeness (QED) is 0.860. The van der Waals surface area contributed by atoms with E-state index >= 15 is 0 Å². The van der Waals surface area contributed by atoms with Crippen molar-refractivity contribution < 1.29 is 9.15 Å². The van der Waals surface area contributed by atoms with Gasteiger partial charge >= 0.3 is 0 Å². The lowest BCUT2D eigenvalue weighted by Crippen LogP contribution is -2.45. The average Bonchev–Trinajstić information content (AvgIpc) is 2.73. The van der Waals surface area contributed by atoms with Crippen LogP contribution in [0.1, 0.15) is 26.5 Å². The van der Waals surface area contributed by atoms with Gasteiger partial charge in [-0.15, -0.1) is 0 Å². The molecule has 0 saturated carbocycles. The summed E-state index contributed by atoms with van der Waals surface area (Å²) in [6.45, 7) is 9.60. The molecule has 1 aromatic heterocycles. The highest BCUT2D eigenvalue weighted by atomic mass is 16.5. The van der Waals surface area contributed by atoms with E-state index in [-0.39, 0.29) is 12.2 Å². The number of ether oxygens (including phenoxy) is 1. The van der Waals surface area contributed by atoms with Crippen LogP contribution in [0.25, 0.3) is 0 Å². The van der Waals surface area contributed by atoms with Crippen molar-refractivity contribution in [2.45, 2.75) is 39.5 Å². The monoisotopic (exact) mass is 239 g/mol. The Balaban J connectivity index is 1.98. The molecule has 1 saturated heterocycles. The minimum absolute atomic E-state index is 0.225. The van der Waals surface area contributed by atoms with Crippen molar-refractivity contribution >= 4 is 6.01 Å². The molecule has 0 amide bonds. The topological polar surface area (TPSA) is 50.5 Å². The highest BCUT2D eigenvalue weighted by Crippen LogP contribution is 2.19. The molecule has 0 aliphatic carbocycles. The molecule has 1 N–H and O–H groups in total. The van der Waals surface area contributed by atoms with E-state index in [1.807, 2.05) is 0 Å². The van der Waals surface area contributed by atoms with E-state index < -0.39 is 0 Å². The predicted octanol–water partition coefficient (Wildman–Crippen LogP) is 1.40. The number of hydrogen-bond acceptors (Lipinski definition) is 5. The van der Waals surface area contributed by atoms with E-state index in [9.17, 15) is 0 Å². The first-order valence-electron chi connectivity index (χ1n) is 6.24. The normalized spacial score (nSPS) is 25.2. The number of oxazole rings is 1. The third-order valence-corrected chi connectivity index (χ3v) is 2.79. The molecule has 96 valence electrons. The van der Waals surface area contributed by atoms with Crippen LogP contribution in [0.15, 0.2) is 10.7 Å². The fraction of sp³-hybridized carbons (Fsp3) is 0.750. The molecule has 0 aromatic carbocycles. The molecule has 1 aliphatic heterocycles. The van der Waals surface area contributed by atoms with E-state index in [4.69, 9.17) is 9.15 Å². The number of morpholine rings is 1. The SMILES string of the molecule is CCNCc1coc(N2C[C@@H](C)O[C@@H](C)C2)n1. The second-order valence-electron chi connectivity index (χ2n) is 4.56. The van der Waals surface area contributed by atoms with Gasteiger partial charge in [0.25, 0.3) is 6.01 Å². The molecule has 2 rings (SSSR count). The number of rotatable bonds is 4. The predicted molar refractivity (Wildman–Crippen MR) is 66.1 cm³/mol. The van der Waals surface area contributed by atoms with Gasteiger partial charge in [-0.25, -0.2) is 0 Å². The lowest BCUT2D eigenvalue weighted by Gasteiger charge is -2.34. The zero-order chi connectivity index (χ0) is 12.3. The maximum atomic E-state index is 5.69. The van der Waals surface area contributed by atoms with Gasteiger partial charge in [-0.1, -0.05) is 6.92 Å². The molecule has 0 radical (unpaired) electrons. The largest absolute Gasteiger partial charge is 0.432 e. The van der Waals surface area contributed by atoms with Crippen molar-refractivity contribution in [3.8, 4) is 0 Å². The maximum absolute atomic E-state index is 5.69. The fourth-order valence-corrected chi connectivity index (χ4v) is 2.11. The summed E-state index contributed by atoms with van der Waals surface area (Å²) in [5.74, 6) is 0. The Morgan fingerprint density at radius 1 is 1.41 bits per heavy atom. The lowest BCUT2D eigenvalue weighted by molar-refractivity contribution is -0.00670. The van der Waals surface area contributed by atoms with Gasteiger partial charge in [-0.3, -0.25) is 0 Å². The lowest BCUT2D eigenvalue weighted by atomic mass is 10.2. The Hall–Kier alpha value is -1.07. The van der Waals surface area contributed by atoms with Gasteiger partial charge in [-0.05, 0) is 20.4 Å². The molecule has 2 heterocycles. The summed E-state index contributed by atoms with van der Waals surface area (Å²) in [5, 5.41) is 3.23. The Kier molecular flexibility index (Phi) is 4.02. The summed E-state index contributed by atoms with van der Waals surface area (Å²) in [6, 6.07) is 0.708. The van der Waals surface area contributed by atoms with E-state index in [0.29, 0.717) is 6.01 Å². The highest BCUT2D eigenvalue weighted by Gasteiger charge is 2.25. The first kappa shape index (κ1) is 12.4. The maximum Gasteiger partial charge on any atom is 0.297 e. The second-order valence-corrected chi connectivity index (χ2v) is 4.56. The number of aromatic nitrogens is 1. The van der Waals surface area contributed by atoms with Crippen molar-refractivity contribution in [1.29, 1.82) is 0 Å². The minimum atomic E-state index is 0.225. The van der Waals surface area contributed by atoms with E-state index in [2.05, 4.69) is 36.0 Å². The summed E-state index contributed by atoms with van der Waals surface area (Å²) < 4.78 is 11.2. The number of anilines is 1. The van der Waals surface area contributed by atoms with Crippen LogP contribution in [0.5, 0.6) is 0 Å². The van der Waals surface area contributed by atoms with Gasteiger partial charge in [0.1, 0.15) is 6.26 Å². The zero-order valence-electron chi connectivity index (χ0n) is 10.8. The standard InChI is InChI=1S/C12H21N3O2/c1-4-13-5-11-8-16-12(14-11)15-6-9(2)17-10(3)7-15/h8-10,13H,4-7H2,1-3H3/t9-,10+. The van der Waals surface area contributed by atoms with Gasteiger partial charge in [-0.2, -0.15) is 4.98 Å². The number of hydrogen-bond donors (Lipinski definition) is 1. The number of nitrogens with zero attached hydrogens (tertiary/aromatic N) is 2. The Morgan fingerprint density at radius 2 is 2.12 bits per heavy atom. The molecule has 5 nitrogen and oxygen atoms in total. The third kappa shape index (κ3) is 3.20. The van der Waals surface area contributed by atoms with E-state index in [0.717, 1.165) is 31.9 Å². The minimum Gasteiger partial charge on any atom is -0.432 e. The summed E-state index contributed by atoms with van der Waals surface area (Å²) in [5.41, 5.74) is 0.952. The molecular weight excluding hydrogens is 218 g/mol. The van der Waals surface area contributed by atoms with Crippen LogP contribution >= 0.6 is 0 Å². The van der Waals surface area contributed by atoms with E-state index in [1.54, 1.807) is 6.26 Å². The highest BCUT2D eigenvalue weighted by molar-refractivity contribution is 5.28. The molecule has 0 unspecified atom stereocenters. The van der Waals surface area contributed by atoms with Crippen LogP contribution in [0.4, 0.5) is 6.01 Å². The molecule has 0 spiro atoms. The first-order chi connectivity index (χ1) is 8.19. The van der Waals surface area contributed by atoms with E-state index in [1.165, 1.54) is 0 Å². The Labute approximate surface area is 102 Å². The van der Waals surface area contributed by atoms with Crippen molar-refractivity contribution in [2.24, 2.45) is 0 Å². The van der Waals surface area contributed by atoms with Gasteiger partial charge in [0, 0.05) is 19.6 Å². The van der Waals surface area contributed by atoms with Crippen molar-refractivity contribution in [3.63, 3.8) is 0 Å². The van der Waals surface area contributed by atoms with Crippen LogP contribution in [0, 0.1) is 0 Å². The van der Waals surface area contributed by atoms with Gasteiger partial charge in [0.2, 0.25) is 0 Å². The molecule has 17 heavy (non-hydrogen) atoms. The Bertz CT molecular complexity index is 343. The van der Waals surface area contributed by atoms with Crippen molar-refractivity contribution in [3.05, 3.63) is 12.0 Å². The van der Waals surface area contributed by atoms with Gasteiger partial charge in [0.15, 0.2) is 0 Å². The molecule has 1 aromatic rings. The van der Waals surface area contributed by atoms with Gasteiger partial charge < -0.3 is 19.4 Å². The van der Waals surface area contributed by atoms with Gasteiger partial charge in [0.05, 0.1) is 17.9 Å². The van der Waals surface area contributed by atoms with Crippen molar-refractivity contribution in [2.75, 3.05) is 24.5 Å². The molecule has 1 aliphatic rings. The Morgan fingerprint density at radius 3 is 2.76 bits per heavy atom. The van der Waals surface area contributed by atoms with Crippen LogP contribution in [0.2, 0.25) is 0 Å². The first-order valence-corrected chi connectivity index (χ1v) is 6.24. The fourth-order valence-electron chi connectivity index (χ4n) is 2.11. The number of nitrogens with one attached hydrogen (secondary N) is 1. The molecule has 5 heteroatoms. The molecular formula is C12H21N3O2. The van der Waals surface area contributed by atoms with Crippen molar-refractivity contribution in [1.82, 2.24) is 10.3 Å². The van der Waals surface area contributed by atoms with Crippen LogP contribution in [-0.2, 0) is 11.3 Å².